The van der Waals surface area contributed by atoms with Crippen LogP contribution in [0.4, 0.5) is 0 Å². The molecule has 0 atom stereocenters. The van der Waals surface area contributed by atoms with Crippen LogP contribution in [0, 0.1) is 0 Å². The van der Waals surface area contributed by atoms with Crippen LogP contribution in [0.3, 0.4) is 0 Å². The molecule has 0 fully saturated rings. The van der Waals surface area contributed by atoms with Crippen molar-refractivity contribution in [3.63, 3.8) is 0 Å². The molecule has 13 rings (SSSR count). The Morgan fingerprint density at radius 2 is 0.774 bits per heavy atom. The summed E-state index contributed by atoms with van der Waals surface area (Å²) in [6.07, 6.45) is 0. The highest BCUT2D eigenvalue weighted by molar-refractivity contribution is 6.06. The fraction of sp³-hybridized carbons (Fsp3) is 0.0172. The summed E-state index contributed by atoms with van der Waals surface area (Å²) in [5.74, 6) is 1.79. The molecule has 0 saturated heterocycles. The SMILES string of the molecule is c1ccc(-c2ccccc2-c2nc(-c3ccc4c(c3)oc3ccccc34)nc(-c3cccc4c3-c3ccccc3C43c4ccccc4-c4ccccc4-c4ccccc43)n2)cc1. The molecule has 0 amide bonds. The summed E-state index contributed by atoms with van der Waals surface area (Å²) in [4.78, 5) is 16.2. The molecule has 0 radical (unpaired) electrons. The second-order valence-electron chi connectivity index (χ2n) is 16.2. The molecular weight excluding hydrogens is 755 g/mol. The highest BCUT2D eigenvalue weighted by Gasteiger charge is 2.50. The Labute approximate surface area is 358 Å². The first-order valence-electron chi connectivity index (χ1n) is 21.1. The Kier molecular flexibility index (Phi) is 7.49. The third-order valence-corrected chi connectivity index (χ3v) is 13.0. The minimum atomic E-state index is -0.626. The van der Waals surface area contributed by atoms with Crippen molar-refractivity contribution in [2.45, 2.75) is 5.41 Å². The molecule has 1 spiro atoms. The molecule has 0 unspecified atom stereocenters. The van der Waals surface area contributed by atoms with E-state index in [-0.39, 0.29) is 0 Å². The van der Waals surface area contributed by atoms with Crippen molar-refractivity contribution >= 4 is 21.9 Å². The van der Waals surface area contributed by atoms with Gasteiger partial charge in [0.2, 0.25) is 0 Å². The molecule has 0 saturated carbocycles. The van der Waals surface area contributed by atoms with E-state index in [0.29, 0.717) is 17.5 Å². The van der Waals surface area contributed by atoms with E-state index in [9.17, 15) is 0 Å². The first-order valence-corrected chi connectivity index (χ1v) is 21.1. The number of aromatic nitrogens is 3. The Hall–Kier alpha value is -8.21. The smallest absolute Gasteiger partial charge is 0.164 e. The fourth-order valence-electron chi connectivity index (χ4n) is 10.4. The molecular formula is C58H35N3O. The van der Waals surface area contributed by atoms with Gasteiger partial charge < -0.3 is 4.42 Å². The number of benzene rings is 9. The van der Waals surface area contributed by atoms with Crippen LogP contribution in [0.25, 0.3) is 101 Å². The van der Waals surface area contributed by atoms with E-state index < -0.39 is 5.41 Å². The van der Waals surface area contributed by atoms with Crippen LogP contribution >= 0.6 is 0 Å². The molecule has 11 aromatic rings. The average molecular weight is 790 g/mol. The normalized spacial score (nSPS) is 13.0. The first kappa shape index (κ1) is 34.6. The quantitative estimate of drug-likeness (QED) is 0.178. The number of fused-ring (bicyclic) bond motifs is 15. The number of furan rings is 1. The second kappa shape index (κ2) is 13.4. The van der Waals surface area contributed by atoms with Gasteiger partial charge in [0.1, 0.15) is 11.2 Å². The standard InChI is InChI=1S/C58H35N3O/c1-2-17-36(18-3-1)38-19-4-7-25-45(38)56-59-55(37-33-34-44-43-24-11-15-32-52(43)62-53(44)35-37)60-57(61-56)47-27-16-31-51-54(47)46-26-10-14-30-50(46)58(51)48-28-12-8-22-41(48)39-20-5-6-21-40(39)42-23-9-13-29-49(42)58/h1-35H. The Bertz CT molecular complexity index is 3540. The third-order valence-electron chi connectivity index (χ3n) is 13.0. The van der Waals surface area contributed by atoms with Gasteiger partial charge in [-0.05, 0) is 85.0 Å². The van der Waals surface area contributed by atoms with Crippen LogP contribution in [-0.4, -0.2) is 15.0 Å². The van der Waals surface area contributed by atoms with Crippen molar-refractivity contribution in [2.24, 2.45) is 0 Å². The molecule has 2 heterocycles. The molecule has 9 aromatic carbocycles. The lowest BCUT2D eigenvalue weighted by Gasteiger charge is -2.35. The van der Waals surface area contributed by atoms with Crippen molar-refractivity contribution in [1.82, 2.24) is 15.0 Å². The molecule has 288 valence electrons. The Morgan fingerprint density at radius 1 is 0.290 bits per heavy atom. The van der Waals surface area contributed by atoms with E-state index in [0.717, 1.165) is 55.3 Å². The van der Waals surface area contributed by atoms with Gasteiger partial charge in [-0.2, -0.15) is 0 Å². The van der Waals surface area contributed by atoms with Gasteiger partial charge in [0.05, 0.1) is 5.41 Å². The van der Waals surface area contributed by atoms with E-state index in [1.165, 1.54) is 50.1 Å². The summed E-state index contributed by atoms with van der Waals surface area (Å²) < 4.78 is 6.40. The molecule has 2 aliphatic carbocycles. The summed E-state index contributed by atoms with van der Waals surface area (Å²) in [5.41, 5.74) is 18.1. The summed E-state index contributed by atoms with van der Waals surface area (Å²) in [5, 5.41) is 2.14. The molecule has 2 aliphatic rings. The predicted octanol–water partition coefficient (Wildman–Crippen LogP) is 14.4. The zero-order valence-electron chi connectivity index (χ0n) is 33.5. The van der Waals surface area contributed by atoms with E-state index in [2.05, 4.69) is 188 Å². The van der Waals surface area contributed by atoms with Crippen molar-refractivity contribution in [1.29, 1.82) is 0 Å². The van der Waals surface area contributed by atoms with Gasteiger partial charge in [0.15, 0.2) is 17.5 Å². The lowest BCUT2D eigenvalue weighted by atomic mass is 9.66. The van der Waals surface area contributed by atoms with E-state index in [4.69, 9.17) is 19.4 Å². The van der Waals surface area contributed by atoms with Gasteiger partial charge in [-0.25, -0.2) is 15.0 Å². The van der Waals surface area contributed by atoms with E-state index in [1.807, 2.05) is 24.3 Å². The topological polar surface area (TPSA) is 51.8 Å². The van der Waals surface area contributed by atoms with Gasteiger partial charge in [0, 0.05) is 27.5 Å². The summed E-state index contributed by atoms with van der Waals surface area (Å²) in [6.45, 7) is 0. The second-order valence-corrected chi connectivity index (χ2v) is 16.2. The highest BCUT2D eigenvalue weighted by atomic mass is 16.3. The van der Waals surface area contributed by atoms with Crippen LogP contribution in [0.2, 0.25) is 0 Å². The van der Waals surface area contributed by atoms with Crippen molar-refractivity contribution in [3.8, 4) is 78.7 Å². The van der Waals surface area contributed by atoms with Gasteiger partial charge in [0.25, 0.3) is 0 Å². The van der Waals surface area contributed by atoms with Gasteiger partial charge >= 0.3 is 0 Å². The molecule has 4 nitrogen and oxygen atoms in total. The van der Waals surface area contributed by atoms with E-state index in [1.54, 1.807) is 0 Å². The van der Waals surface area contributed by atoms with Gasteiger partial charge in [-0.3, -0.25) is 0 Å². The van der Waals surface area contributed by atoms with Crippen LogP contribution in [-0.2, 0) is 5.41 Å². The molecule has 62 heavy (non-hydrogen) atoms. The largest absolute Gasteiger partial charge is 0.456 e. The van der Waals surface area contributed by atoms with Crippen LogP contribution in [0.15, 0.2) is 217 Å². The number of para-hydroxylation sites is 1. The maximum Gasteiger partial charge on any atom is 0.164 e. The van der Waals surface area contributed by atoms with Gasteiger partial charge in [-0.1, -0.05) is 194 Å². The lowest BCUT2D eigenvalue weighted by Crippen LogP contribution is -2.29. The summed E-state index contributed by atoms with van der Waals surface area (Å²) in [6, 6.07) is 75.8. The first-order chi connectivity index (χ1) is 30.8. The highest BCUT2D eigenvalue weighted by Crippen LogP contribution is 2.62. The Balaban J connectivity index is 1.11. The number of nitrogens with zero attached hydrogens (tertiary/aromatic N) is 3. The zero-order valence-corrected chi connectivity index (χ0v) is 33.5. The lowest BCUT2D eigenvalue weighted by molar-refractivity contribution is 0.669. The van der Waals surface area contributed by atoms with Crippen molar-refractivity contribution < 1.29 is 4.42 Å². The molecule has 0 bridgehead atoms. The molecule has 0 aliphatic heterocycles. The number of hydrogen-bond acceptors (Lipinski definition) is 4. The van der Waals surface area contributed by atoms with Crippen LogP contribution in [0.1, 0.15) is 22.3 Å². The zero-order chi connectivity index (χ0) is 40.8. The van der Waals surface area contributed by atoms with Crippen LogP contribution < -0.4 is 0 Å². The minimum absolute atomic E-state index is 0.578. The van der Waals surface area contributed by atoms with Gasteiger partial charge in [-0.15, -0.1) is 0 Å². The maximum atomic E-state index is 6.40. The minimum Gasteiger partial charge on any atom is -0.456 e. The maximum absolute atomic E-state index is 6.40. The Morgan fingerprint density at radius 3 is 1.48 bits per heavy atom. The monoisotopic (exact) mass is 789 g/mol. The van der Waals surface area contributed by atoms with Crippen molar-refractivity contribution in [2.75, 3.05) is 0 Å². The fourth-order valence-corrected chi connectivity index (χ4v) is 10.4. The van der Waals surface area contributed by atoms with Crippen molar-refractivity contribution in [3.05, 3.63) is 235 Å². The third kappa shape index (κ3) is 4.92. The number of hydrogen-bond donors (Lipinski definition) is 0. The molecule has 4 heteroatoms. The summed E-state index contributed by atoms with van der Waals surface area (Å²) in [7, 11) is 0. The summed E-state index contributed by atoms with van der Waals surface area (Å²) >= 11 is 0. The average Bonchev–Trinajstić information content (AvgIpc) is 3.84. The van der Waals surface area contributed by atoms with Crippen LogP contribution in [0.5, 0.6) is 0 Å². The van der Waals surface area contributed by atoms with E-state index >= 15 is 0 Å². The molecule has 2 aromatic heterocycles. The molecule has 0 N–H and O–H groups in total. The predicted molar refractivity (Wildman–Crippen MR) is 251 cm³/mol. The number of rotatable bonds is 4.